The van der Waals surface area contributed by atoms with Gasteiger partial charge in [0.15, 0.2) is 6.10 Å². The van der Waals surface area contributed by atoms with Crippen molar-refractivity contribution in [2.45, 2.75) is 69.9 Å². The predicted octanol–water partition coefficient (Wildman–Crippen LogP) is 4.41. The summed E-state index contributed by atoms with van der Waals surface area (Å²) in [6.07, 6.45) is 9.63. The number of benzene rings is 1. The third kappa shape index (κ3) is 4.92. The van der Waals surface area contributed by atoms with E-state index < -0.39 is 6.10 Å². The summed E-state index contributed by atoms with van der Waals surface area (Å²) in [6.45, 7) is 4.89. The van der Waals surface area contributed by atoms with Crippen LogP contribution in [0.25, 0.3) is 0 Å². The van der Waals surface area contributed by atoms with E-state index in [9.17, 15) is 4.79 Å². The number of rotatable bonds is 6. The van der Waals surface area contributed by atoms with Crippen LogP contribution in [-0.2, 0) is 4.79 Å². The van der Waals surface area contributed by atoms with E-state index in [0.29, 0.717) is 10.8 Å². The van der Waals surface area contributed by atoms with Crippen molar-refractivity contribution in [2.24, 2.45) is 0 Å². The number of hydrogen-bond acceptors (Lipinski definition) is 3. The summed E-state index contributed by atoms with van der Waals surface area (Å²) in [5.41, 5.74) is 0.147. The summed E-state index contributed by atoms with van der Waals surface area (Å²) < 4.78 is 5.77. The van der Waals surface area contributed by atoms with Crippen molar-refractivity contribution in [3.8, 4) is 5.75 Å². The van der Waals surface area contributed by atoms with Crippen molar-refractivity contribution < 1.29 is 9.53 Å². The highest BCUT2D eigenvalue weighted by Crippen LogP contribution is 2.35. The molecule has 2 aliphatic rings. The normalized spacial score (nSPS) is 21.8. The van der Waals surface area contributed by atoms with Gasteiger partial charge < -0.3 is 10.1 Å². The Morgan fingerprint density at radius 3 is 2.38 bits per heavy atom. The first-order valence-electron chi connectivity index (χ1n) is 10.0. The molecular weight excluding hydrogens is 348 g/mol. The molecule has 0 bridgehead atoms. The second-order valence-corrected chi connectivity index (χ2v) is 8.20. The van der Waals surface area contributed by atoms with Gasteiger partial charge in [-0.3, -0.25) is 9.69 Å². The van der Waals surface area contributed by atoms with Gasteiger partial charge in [-0.15, -0.1) is 0 Å². The minimum Gasteiger partial charge on any atom is -0.481 e. The average Bonchev–Trinajstić information content (AvgIpc) is 2.69. The van der Waals surface area contributed by atoms with Crippen LogP contribution in [-0.4, -0.2) is 42.1 Å². The number of hydrogen-bond donors (Lipinski definition) is 1. The quantitative estimate of drug-likeness (QED) is 0.797. The topological polar surface area (TPSA) is 41.6 Å². The lowest BCUT2D eigenvalue weighted by Gasteiger charge is -2.48. The van der Waals surface area contributed by atoms with E-state index in [-0.39, 0.29) is 11.4 Å². The Kier molecular flexibility index (Phi) is 6.82. The van der Waals surface area contributed by atoms with Gasteiger partial charge in [0.2, 0.25) is 0 Å². The zero-order valence-corrected chi connectivity index (χ0v) is 16.6. The number of nitrogens with one attached hydrogen (secondary N) is 1. The largest absolute Gasteiger partial charge is 0.481 e. The molecule has 0 unspecified atom stereocenters. The number of amides is 1. The number of carbonyl (C=O) groups excluding carboxylic acids is 1. The maximum atomic E-state index is 12.6. The third-order valence-corrected chi connectivity index (χ3v) is 6.15. The van der Waals surface area contributed by atoms with Crippen LogP contribution in [0, 0.1) is 0 Å². The van der Waals surface area contributed by atoms with E-state index in [1.807, 2.05) is 0 Å². The number of halogens is 1. The summed E-state index contributed by atoms with van der Waals surface area (Å²) in [4.78, 5) is 15.3. The summed E-state index contributed by atoms with van der Waals surface area (Å²) in [7, 11) is 0. The maximum absolute atomic E-state index is 12.6. The van der Waals surface area contributed by atoms with Crippen molar-refractivity contribution in [3.63, 3.8) is 0 Å². The van der Waals surface area contributed by atoms with Crippen molar-refractivity contribution in [1.29, 1.82) is 0 Å². The number of likely N-dealkylation sites (tertiary alicyclic amines) is 1. The first kappa shape index (κ1) is 19.5. The van der Waals surface area contributed by atoms with Crippen molar-refractivity contribution in [3.05, 3.63) is 29.3 Å². The fourth-order valence-corrected chi connectivity index (χ4v) is 4.48. The first-order chi connectivity index (χ1) is 12.6. The van der Waals surface area contributed by atoms with Crippen LogP contribution in [0.4, 0.5) is 0 Å². The van der Waals surface area contributed by atoms with Crippen LogP contribution in [0.3, 0.4) is 0 Å². The van der Waals surface area contributed by atoms with Gasteiger partial charge in [0, 0.05) is 17.1 Å². The van der Waals surface area contributed by atoms with Gasteiger partial charge in [0.1, 0.15) is 5.75 Å². The van der Waals surface area contributed by atoms with E-state index in [0.717, 1.165) is 6.54 Å². The molecule has 1 heterocycles. The molecule has 3 rings (SSSR count). The van der Waals surface area contributed by atoms with Crippen LogP contribution in [0.5, 0.6) is 5.75 Å². The Morgan fingerprint density at radius 1 is 1.12 bits per heavy atom. The smallest absolute Gasteiger partial charge is 0.260 e. The number of piperidine rings is 1. The third-order valence-electron chi connectivity index (χ3n) is 5.90. The molecule has 26 heavy (non-hydrogen) atoms. The van der Waals surface area contributed by atoms with E-state index in [1.54, 1.807) is 31.2 Å². The molecule has 1 aliphatic heterocycles. The molecule has 1 aromatic rings. The van der Waals surface area contributed by atoms with E-state index >= 15 is 0 Å². The number of ether oxygens (including phenoxy) is 1. The molecule has 0 aromatic heterocycles. The van der Waals surface area contributed by atoms with Crippen LogP contribution in [0.2, 0.25) is 5.02 Å². The number of nitrogens with zero attached hydrogens (tertiary/aromatic N) is 1. The monoisotopic (exact) mass is 378 g/mol. The maximum Gasteiger partial charge on any atom is 0.260 e. The van der Waals surface area contributed by atoms with Crippen LogP contribution >= 0.6 is 11.6 Å². The molecule has 1 saturated carbocycles. The lowest BCUT2D eigenvalue weighted by Crippen LogP contribution is -2.58. The Labute approximate surface area is 162 Å². The predicted molar refractivity (Wildman–Crippen MR) is 106 cm³/mol. The molecule has 1 aliphatic carbocycles. The highest BCUT2D eigenvalue weighted by atomic mass is 35.5. The molecule has 1 amide bonds. The van der Waals surface area contributed by atoms with Crippen molar-refractivity contribution in [2.75, 3.05) is 19.6 Å². The second-order valence-electron chi connectivity index (χ2n) is 7.76. The molecule has 2 fully saturated rings. The standard InChI is InChI=1S/C21H31ClN2O2/c1-17(26-19-10-8-18(22)9-11-19)20(25)23-16-21(12-4-2-5-13-21)24-14-6-3-7-15-24/h8-11,17H,2-7,12-16H2,1H3,(H,23,25)/t17-/m1/s1. The van der Waals surface area contributed by atoms with Gasteiger partial charge in [-0.1, -0.05) is 37.3 Å². The summed E-state index contributed by atoms with van der Waals surface area (Å²) in [6, 6.07) is 7.13. The average molecular weight is 379 g/mol. The Bertz CT molecular complexity index is 578. The second kappa shape index (κ2) is 9.09. The SMILES string of the molecule is C[C@@H](Oc1ccc(Cl)cc1)C(=O)NCC1(N2CCCCC2)CCCCC1. The highest BCUT2D eigenvalue weighted by molar-refractivity contribution is 6.30. The van der Waals surface area contributed by atoms with Gasteiger partial charge >= 0.3 is 0 Å². The Hall–Kier alpha value is -1.26. The van der Waals surface area contributed by atoms with Gasteiger partial charge in [-0.2, -0.15) is 0 Å². The molecule has 1 saturated heterocycles. The lowest BCUT2D eigenvalue weighted by atomic mass is 9.79. The lowest BCUT2D eigenvalue weighted by molar-refractivity contribution is -0.128. The fourth-order valence-electron chi connectivity index (χ4n) is 4.35. The zero-order chi connectivity index (χ0) is 18.4. The van der Waals surface area contributed by atoms with Gasteiger partial charge in [-0.25, -0.2) is 0 Å². The molecular formula is C21H31ClN2O2. The Balaban J connectivity index is 1.57. The summed E-state index contributed by atoms with van der Waals surface area (Å²) in [5.74, 6) is 0.627. The summed E-state index contributed by atoms with van der Waals surface area (Å²) in [5, 5.41) is 3.85. The van der Waals surface area contributed by atoms with Gasteiger partial charge in [0.05, 0.1) is 0 Å². The molecule has 5 heteroatoms. The summed E-state index contributed by atoms with van der Waals surface area (Å²) >= 11 is 5.90. The molecule has 0 spiro atoms. The molecule has 0 radical (unpaired) electrons. The van der Waals surface area contributed by atoms with E-state index in [1.165, 1.54) is 64.5 Å². The van der Waals surface area contributed by atoms with Crippen LogP contribution in [0.1, 0.15) is 58.3 Å². The van der Waals surface area contributed by atoms with Gasteiger partial charge in [0.25, 0.3) is 5.91 Å². The molecule has 1 N–H and O–H groups in total. The molecule has 4 nitrogen and oxygen atoms in total. The van der Waals surface area contributed by atoms with E-state index in [2.05, 4.69) is 10.2 Å². The number of carbonyl (C=O) groups is 1. The minimum atomic E-state index is -0.516. The molecule has 1 aromatic carbocycles. The Morgan fingerprint density at radius 2 is 1.73 bits per heavy atom. The zero-order valence-electron chi connectivity index (χ0n) is 15.8. The van der Waals surface area contributed by atoms with Crippen molar-refractivity contribution >= 4 is 17.5 Å². The van der Waals surface area contributed by atoms with Crippen LogP contribution in [0.15, 0.2) is 24.3 Å². The van der Waals surface area contributed by atoms with Gasteiger partial charge in [-0.05, 0) is 70.0 Å². The fraction of sp³-hybridized carbons (Fsp3) is 0.667. The van der Waals surface area contributed by atoms with Crippen molar-refractivity contribution in [1.82, 2.24) is 10.2 Å². The van der Waals surface area contributed by atoms with Crippen LogP contribution < -0.4 is 10.1 Å². The molecule has 144 valence electrons. The highest BCUT2D eigenvalue weighted by Gasteiger charge is 2.38. The first-order valence-corrected chi connectivity index (χ1v) is 10.4. The molecule has 1 atom stereocenters. The minimum absolute atomic E-state index is 0.0399. The van der Waals surface area contributed by atoms with E-state index in [4.69, 9.17) is 16.3 Å².